The maximum Gasteiger partial charge on any atom is 0.257 e. The second-order valence-corrected chi connectivity index (χ2v) is 5.86. The first-order chi connectivity index (χ1) is 12.2. The van der Waals surface area contributed by atoms with Gasteiger partial charge in [-0.1, -0.05) is 26.2 Å². The molecule has 5 nitrogen and oxygen atoms in total. The molecular formula is C20H26N2O3. The van der Waals surface area contributed by atoms with Crippen molar-refractivity contribution in [2.75, 3.05) is 19.0 Å². The number of hydrogen-bond donors (Lipinski definition) is 1. The highest BCUT2D eigenvalue weighted by Gasteiger charge is 2.07. The predicted molar refractivity (Wildman–Crippen MR) is 99.0 cm³/mol. The van der Waals surface area contributed by atoms with Crippen LogP contribution in [0.1, 0.15) is 48.7 Å². The van der Waals surface area contributed by atoms with E-state index in [9.17, 15) is 4.79 Å². The summed E-state index contributed by atoms with van der Waals surface area (Å²) in [6, 6.07) is 10.9. The van der Waals surface area contributed by atoms with E-state index in [4.69, 9.17) is 9.47 Å². The van der Waals surface area contributed by atoms with E-state index >= 15 is 0 Å². The molecule has 0 aliphatic rings. The molecule has 0 aliphatic heterocycles. The molecule has 134 valence electrons. The largest absolute Gasteiger partial charge is 0.494 e. The Labute approximate surface area is 149 Å². The van der Waals surface area contributed by atoms with Crippen LogP contribution in [0.2, 0.25) is 0 Å². The lowest BCUT2D eigenvalue weighted by molar-refractivity contribution is 0.102. The molecule has 1 heterocycles. The third kappa shape index (κ3) is 6.55. The van der Waals surface area contributed by atoms with Gasteiger partial charge in [0.2, 0.25) is 0 Å². The number of carbonyl (C=O) groups is 1. The average molecular weight is 342 g/mol. The smallest absolute Gasteiger partial charge is 0.257 e. The molecule has 1 aromatic carbocycles. The molecule has 5 heteroatoms. The molecule has 2 aromatic rings. The lowest BCUT2D eigenvalue weighted by atomic mass is 10.2. The minimum absolute atomic E-state index is 0.190. The van der Waals surface area contributed by atoms with Gasteiger partial charge in [-0.05, 0) is 42.8 Å². The Morgan fingerprint density at radius 1 is 1.08 bits per heavy atom. The Balaban J connectivity index is 1.82. The zero-order valence-electron chi connectivity index (χ0n) is 15.0. The number of aromatic nitrogens is 1. The van der Waals surface area contributed by atoms with E-state index in [0.29, 0.717) is 12.2 Å². The molecule has 0 bridgehead atoms. The molecule has 2 rings (SSSR count). The van der Waals surface area contributed by atoms with Crippen LogP contribution >= 0.6 is 0 Å². The number of benzene rings is 1. The van der Waals surface area contributed by atoms with Crippen molar-refractivity contribution >= 4 is 11.6 Å². The fourth-order valence-electron chi connectivity index (χ4n) is 2.35. The summed E-state index contributed by atoms with van der Waals surface area (Å²) in [5.74, 6) is 0.629. The summed E-state index contributed by atoms with van der Waals surface area (Å²) in [7, 11) is 1.61. The van der Waals surface area contributed by atoms with Crippen LogP contribution in [-0.4, -0.2) is 24.6 Å². The van der Waals surface area contributed by atoms with Crippen molar-refractivity contribution in [2.45, 2.75) is 39.2 Å². The van der Waals surface area contributed by atoms with Crippen molar-refractivity contribution in [3.05, 3.63) is 53.9 Å². The number of methoxy groups -OCH3 is 1. The SMILES string of the molecule is CCCCCCOc1ccc(NC(=O)c2ccc(COC)nc2)cc1. The second kappa shape index (κ2) is 10.5. The number of rotatable bonds is 10. The number of anilines is 1. The van der Waals surface area contributed by atoms with E-state index in [1.165, 1.54) is 19.3 Å². The van der Waals surface area contributed by atoms with Gasteiger partial charge in [-0.15, -0.1) is 0 Å². The topological polar surface area (TPSA) is 60.5 Å². The molecule has 0 fully saturated rings. The van der Waals surface area contributed by atoms with E-state index < -0.39 is 0 Å². The molecule has 0 unspecified atom stereocenters. The van der Waals surface area contributed by atoms with Gasteiger partial charge in [0.25, 0.3) is 5.91 Å². The molecular weight excluding hydrogens is 316 g/mol. The number of amides is 1. The van der Waals surface area contributed by atoms with Crippen LogP contribution in [-0.2, 0) is 11.3 Å². The summed E-state index contributed by atoms with van der Waals surface area (Å²) in [6.45, 7) is 3.35. The zero-order valence-corrected chi connectivity index (χ0v) is 15.0. The van der Waals surface area contributed by atoms with Crippen molar-refractivity contribution in [3.8, 4) is 5.75 Å². The Morgan fingerprint density at radius 2 is 1.88 bits per heavy atom. The van der Waals surface area contributed by atoms with Gasteiger partial charge in [0, 0.05) is 19.0 Å². The highest BCUT2D eigenvalue weighted by molar-refractivity contribution is 6.04. The summed E-state index contributed by atoms with van der Waals surface area (Å²) < 4.78 is 10.7. The molecule has 0 aliphatic carbocycles. The molecule has 0 radical (unpaired) electrons. The first kappa shape index (κ1) is 18.9. The van der Waals surface area contributed by atoms with E-state index in [0.717, 1.165) is 30.2 Å². The molecule has 0 spiro atoms. The lowest BCUT2D eigenvalue weighted by Crippen LogP contribution is -2.12. The summed E-state index contributed by atoms with van der Waals surface area (Å²) in [5, 5.41) is 2.86. The standard InChI is InChI=1S/C20H26N2O3/c1-3-4-5-6-13-25-19-11-9-17(10-12-19)22-20(23)16-7-8-18(15-24-2)21-14-16/h7-12,14H,3-6,13,15H2,1-2H3,(H,22,23). The van der Waals surface area contributed by atoms with Gasteiger partial charge in [-0.2, -0.15) is 0 Å². The van der Waals surface area contributed by atoms with Crippen LogP contribution in [0.5, 0.6) is 5.75 Å². The van der Waals surface area contributed by atoms with Crippen molar-refractivity contribution in [2.24, 2.45) is 0 Å². The Bertz CT molecular complexity index is 639. The fourth-order valence-corrected chi connectivity index (χ4v) is 2.35. The first-order valence-electron chi connectivity index (χ1n) is 8.71. The van der Waals surface area contributed by atoms with E-state index in [1.807, 2.05) is 24.3 Å². The minimum atomic E-state index is -0.190. The van der Waals surface area contributed by atoms with Crippen molar-refractivity contribution in [3.63, 3.8) is 0 Å². The normalized spacial score (nSPS) is 10.5. The first-order valence-corrected chi connectivity index (χ1v) is 8.71. The van der Waals surface area contributed by atoms with Crippen molar-refractivity contribution < 1.29 is 14.3 Å². The zero-order chi connectivity index (χ0) is 17.9. The number of carbonyl (C=O) groups excluding carboxylic acids is 1. The molecule has 0 saturated heterocycles. The van der Waals surface area contributed by atoms with Gasteiger partial charge in [-0.3, -0.25) is 9.78 Å². The molecule has 0 saturated carbocycles. The molecule has 0 atom stereocenters. The van der Waals surface area contributed by atoms with Gasteiger partial charge in [-0.25, -0.2) is 0 Å². The second-order valence-electron chi connectivity index (χ2n) is 5.86. The van der Waals surface area contributed by atoms with Gasteiger partial charge >= 0.3 is 0 Å². The van der Waals surface area contributed by atoms with Gasteiger partial charge in [0.1, 0.15) is 5.75 Å². The van der Waals surface area contributed by atoms with Gasteiger partial charge in [0.05, 0.1) is 24.5 Å². The fraction of sp³-hybridized carbons (Fsp3) is 0.400. The Hall–Kier alpha value is -2.40. The number of unbranched alkanes of at least 4 members (excludes halogenated alkanes) is 3. The Kier molecular flexibility index (Phi) is 7.92. The lowest BCUT2D eigenvalue weighted by Gasteiger charge is -2.08. The summed E-state index contributed by atoms with van der Waals surface area (Å²) >= 11 is 0. The van der Waals surface area contributed by atoms with Crippen LogP contribution < -0.4 is 10.1 Å². The van der Waals surface area contributed by atoms with Crippen LogP contribution in [0.3, 0.4) is 0 Å². The number of nitrogens with zero attached hydrogens (tertiary/aromatic N) is 1. The average Bonchev–Trinajstić information content (AvgIpc) is 2.64. The van der Waals surface area contributed by atoms with Crippen LogP contribution in [0.4, 0.5) is 5.69 Å². The highest BCUT2D eigenvalue weighted by atomic mass is 16.5. The third-order valence-electron chi connectivity index (χ3n) is 3.76. The molecule has 1 aromatic heterocycles. The minimum Gasteiger partial charge on any atom is -0.494 e. The molecule has 1 N–H and O–H groups in total. The number of hydrogen-bond acceptors (Lipinski definition) is 4. The molecule has 25 heavy (non-hydrogen) atoms. The summed E-state index contributed by atoms with van der Waals surface area (Å²) in [6.07, 6.45) is 6.28. The maximum absolute atomic E-state index is 12.2. The van der Waals surface area contributed by atoms with E-state index in [1.54, 1.807) is 25.4 Å². The van der Waals surface area contributed by atoms with Crippen LogP contribution in [0.15, 0.2) is 42.6 Å². The quantitative estimate of drug-likeness (QED) is 0.649. The van der Waals surface area contributed by atoms with E-state index in [2.05, 4.69) is 17.2 Å². The van der Waals surface area contributed by atoms with Crippen LogP contribution in [0, 0.1) is 0 Å². The summed E-state index contributed by atoms with van der Waals surface area (Å²) in [4.78, 5) is 16.4. The van der Waals surface area contributed by atoms with Crippen LogP contribution in [0.25, 0.3) is 0 Å². The van der Waals surface area contributed by atoms with Crippen molar-refractivity contribution in [1.29, 1.82) is 0 Å². The maximum atomic E-state index is 12.2. The number of pyridine rings is 1. The van der Waals surface area contributed by atoms with Gasteiger partial charge < -0.3 is 14.8 Å². The number of nitrogens with one attached hydrogen (secondary N) is 1. The van der Waals surface area contributed by atoms with Gasteiger partial charge in [0.15, 0.2) is 0 Å². The molecule has 1 amide bonds. The summed E-state index contributed by atoms with van der Waals surface area (Å²) in [5.41, 5.74) is 2.03. The number of ether oxygens (including phenoxy) is 2. The van der Waals surface area contributed by atoms with Crippen molar-refractivity contribution in [1.82, 2.24) is 4.98 Å². The monoisotopic (exact) mass is 342 g/mol. The third-order valence-corrected chi connectivity index (χ3v) is 3.76. The highest BCUT2D eigenvalue weighted by Crippen LogP contribution is 2.17. The Morgan fingerprint density at radius 3 is 2.52 bits per heavy atom. The van der Waals surface area contributed by atoms with E-state index in [-0.39, 0.29) is 5.91 Å². The predicted octanol–water partition coefficient (Wildman–Crippen LogP) is 4.44.